The highest BCUT2D eigenvalue weighted by Gasteiger charge is 2.29. The molecule has 0 spiro atoms. The lowest BCUT2D eigenvalue weighted by atomic mass is 9.78. The summed E-state index contributed by atoms with van der Waals surface area (Å²) < 4.78 is 7.43. The third-order valence-corrected chi connectivity index (χ3v) is 6.95. The Labute approximate surface area is 177 Å². The van der Waals surface area contributed by atoms with Gasteiger partial charge >= 0.3 is 5.97 Å². The van der Waals surface area contributed by atoms with Gasteiger partial charge in [0.05, 0.1) is 0 Å². The lowest BCUT2D eigenvalue weighted by Crippen LogP contribution is -2.27. The summed E-state index contributed by atoms with van der Waals surface area (Å²) in [5, 5.41) is 1.21. The Kier molecular flexibility index (Phi) is 5.54. The van der Waals surface area contributed by atoms with Crippen LogP contribution in [0, 0.1) is 5.92 Å². The van der Waals surface area contributed by atoms with Crippen molar-refractivity contribution in [1.82, 2.24) is 4.57 Å². The maximum atomic E-state index is 12.8. The molecule has 2 atom stereocenters. The van der Waals surface area contributed by atoms with E-state index in [1.165, 1.54) is 43.0 Å². The molecule has 2 unspecified atom stereocenters. The second-order valence-electron chi connectivity index (χ2n) is 9.63. The minimum Gasteiger partial charge on any atom is -0.459 e. The van der Waals surface area contributed by atoms with Crippen LogP contribution < -0.4 is 0 Å². The van der Waals surface area contributed by atoms with Crippen molar-refractivity contribution < 1.29 is 14.3 Å². The van der Waals surface area contributed by atoms with Crippen LogP contribution in [0.3, 0.4) is 0 Å². The highest BCUT2D eigenvalue weighted by atomic mass is 32.2. The molecule has 1 saturated carbocycles. The van der Waals surface area contributed by atoms with Crippen molar-refractivity contribution in [3.8, 4) is 0 Å². The van der Waals surface area contributed by atoms with Crippen molar-refractivity contribution in [3.05, 3.63) is 35.0 Å². The molecule has 5 heteroatoms. The number of thioether (sulfide) groups is 1. The van der Waals surface area contributed by atoms with Gasteiger partial charge in [0.15, 0.2) is 0 Å². The van der Waals surface area contributed by atoms with Gasteiger partial charge in [0.25, 0.3) is 0 Å². The number of hydrogen-bond acceptors (Lipinski definition) is 4. The van der Waals surface area contributed by atoms with Gasteiger partial charge in [0, 0.05) is 16.7 Å². The fraction of sp³-hybridized carbons (Fsp3) is 0.583. The van der Waals surface area contributed by atoms with E-state index in [0.717, 1.165) is 34.6 Å². The number of nitrogens with zero attached hydrogens (tertiary/aromatic N) is 1. The lowest BCUT2D eigenvalue weighted by Gasteiger charge is -2.27. The number of aromatic nitrogens is 1. The van der Waals surface area contributed by atoms with Crippen LogP contribution in [0.2, 0.25) is 0 Å². The quantitative estimate of drug-likeness (QED) is 0.605. The van der Waals surface area contributed by atoms with E-state index in [0.29, 0.717) is 11.6 Å². The number of fused-ring (bicyclic) bond motifs is 3. The van der Waals surface area contributed by atoms with E-state index in [1.807, 2.05) is 25.3 Å². The van der Waals surface area contributed by atoms with Crippen molar-refractivity contribution in [2.75, 3.05) is 5.75 Å². The molecule has 2 heterocycles. The minimum absolute atomic E-state index is 0.0684. The standard InChI is InChI=1S/C24H31NO3S/c1-15-6-5-7-16(12-15)17-8-9-20-19(13-17)18-10-11-29-23(27)22(18)25(20)14-21(26)28-24(2,3)4/h8-9,13,15-16H,5-7,10-12,14H2,1-4H3. The molecule has 1 aromatic heterocycles. The molecular weight excluding hydrogens is 382 g/mol. The van der Waals surface area contributed by atoms with Crippen LogP contribution in [0.25, 0.3) is 10.9 Å². The third-order valence-electron chi connectivity index (χ3n) is 6.09. The van der Waals surface area contributed by atoms with Crippen LogP contribution >= 0.6 is 11.8 Å². The predicted molar refractivity (Wildman–Crippen MR) is 119 cm³/mol. The van der Waals surface area contributed by atoms with E-state index in [9.17, 15) is 9.59 Å². The second-order valence-corrected chi connectivity index (χ2v) is 10.7. The Bertz CT molecular complexity index is 953. The van der Waals surface area contributed by atoms with Crippen molar-refractivity contribution in [1.29, 1.82) is 0 Å². The van der Waals surface area contributed by atoms with Gasteiger partial charge in [-0.2, -0.15) is 0 Å². The highest BCUT2D eigenvalue weighted by Crippen LogP contribution is 2.40. The maximum absolute atomic E-state index is 12.8. The normalized spacial score (nSPS) is 22.6. The number of carbonyl (C=O) groups is 2. The van der Waals surface area contributed by atoms with E-state index in [2.05, 4.69) is 25.1 Å². The van der Waals surface area contributed by atoms with Gasteiger partial charge < -0.3 is 9.30 Å². The summed E-state index contributed by atoms with van der Waals surface area (Å²) in [5.74, 6) is 1.88. The van der Waals surface area contributed by atoms with E-state index in [4.69, 9.17) is 4.74 Å². The molecule has 156 valence electrons. The predicted octanol–water partition coefficient (Wildman–Crippen LogP) is 5.71. The first-order chi connectivity index (χ1) is 13.7. The Morgan fingerprint density at radius 2 is 2.07 bits per heavy atom. The molecule has 0 N–H and O–H groups in total. The van der Waals surface area contributed by atoms with Crippen LogP contribution in [-0.4, -0.2) is 27.0 Å². The molecule has 4 nitrogen and oxygen atoms in total. The van der Waals surface area contributed by atoms with Crippen LogP contribution in [-0.2, 0) is 22.5 Å². The molecule has 4 rings (SSSR count). The Balaban J connectivity index is 1.76. The topological polar surface area (TPSA) is 48.3 Å². The van der Waals surface area contributed by atoms with Crippen LogP contribution in [0.15, 0.2) is 18.2 Å². The summed E-state index contributed by atoms with van der Waals surface area (Å²) in [6.45, 7) is 8.03. The molecule has 1 aromatic carbocycles. The first-order valence-electron chi connectivity index (χ1n) is 10.8. The van der Waals surface area contributed by atoms with E-state index < -0.39 is 5.60 Å². The maximum Gasteiger partial charge on any atom is 0.326 e. The van der Waals surface area contributed by atoms with Gasteiger partial charge in [0.2, 0.25) is 5.12 Å². The van der Waals surface area contributed by atoms with Gasteiger partial charge in [-0.3, -0.25) is 9.59 Å². The number of carbonyl (C=O) groups excluding carboxylic acids is 2. The van der Waals surface area contributed by atoms with E-state index in [-0.39, 0.29) is 17.6 Å². The van der Waals surface area contributed by atoms with Crippen molar-refractivity contribution in [2.24, 2.45) is 5.92 Å². The van der Waals surface area contributed by atoms with Crippen LogP contribution in [0.4, 0.5) is 0 Å². The van der Waals surface area contributed by atoms with Crippen molar-refractivity contribution in [3.63, 3.8) is 0 Å². The molecule has 2 aliphatic rings. The molecule has 1 aliphatic carbocycles. The lowest BCUT2D eigenvalue weighted by molar-refractivity contribution is -0.155. The van der Waals surface area contributed by atoms with Crippen molar-refractivity contribution >= 4 is 33.7 Å². The number of rotatable bonds is 3. The van der Waals surface area contributed by atoms with Gasteiger partial charge in [-0.05, 0) is 75.1 Å². The largest absolute Gasteiger partial charge is 0.459 e. The summed E-state index contributed by atoms with van der Waals surface area (Å²) in [6, 6.07) is 6.62. The number of hydrogen-bond donors (Lipinski definition) is 0. The zero-order valence-corrected chi connectivity index (χ0v) is 18.7. The molecule has 1 aliphatic heterocycles. The molecule has 0 bridgehead atoms. The Morgan fingerprint density at radius 1 is 1.28 bits per heavy atom. The molecule has 0 radical (unpaired) electrons. The Hall–Kier alpha value is -1.75. The van der Waals surface area contributed by atoms with Gasteiger partial charge in [-0.25, -0.2) is 0 Å². The summed E-state index contributed by atoms with van der Waals surface area (Å²) in [6.07, 6.45) is 5.96. The minimum atomic E-state index is -0.538. The number of esters is 1. The molecule has 2 aromatic rings. The average molecular weight is 414 g/mol. The first kappa shape index (κ1) is 20.5. The summed E-state index contributed by atoms with van der Waals surface area (Å²) >= 11 is 1.35. The Morgan fingerprint density at radius 3 is 2.79 bits per heavy atom. The smallest absolute Gasteiger partial charge is 0.326 e. The monoisotopic (exact) mass is 413 g/mol. The second kappa shape index (κ2) is 7.82. The van der Waals surface area contributed by atoms with Gasteiger partial charge in [-0.1, -0.05) is 37.6 Å². The van der Waals surface area contributed by atoms with Gasteiger partial charge in [-0.15, -0.1) is 0 Å². The molecule has 29 heavy (non-hydrogen) atoms. The SMILES string of the molecule is CC1CCCC(c2ccc3c(c2)c2c(n3CC(=O)OC(C)(C)C)C(=O)SCC2)C1. The summed E-state index contributed by atoms with van der Waals surface area (Å²) in [4.78, 5) is 25.3. The summed E-state index contributed by atoms with van der Waals surface area (Å²) in [7, 11) is 0. The summed E-state index contributed by atoms with van der Waals surface area (Å²) in [5.41, 5.74) is 3.62. The van der Waals surface area contributed by atoms with E-state index in [1.54, 1.807) is 0 Å². The third kappa shape index (κ3) is 4.25. The fourth-order valence-electron chi connectivity index (χ4n) is 4.90. The average Bonchev–Trinajstić information content (AvgIpc) is 2.95. The molecular formula is C24H31NO3S. The number of ether oxygens (including phenoxy) is 1. The number of aryl methyl sites for hydroxylation is 1. The van der Waals surface area contributed by atoms with Gasteiger partial charge in [0.1, 0.15) is 17.8 Å². The molecule has 1 fully saturated rings. The molecule has 0 amide bonds. The zero-order valence-electron chi connectivity index (χ0n) is 17.9. The number of benzene rings is 1. The van der Waals surface area contributed by atoms with Crippen molar-refractivity contribution in [2.45, 2.75) is 77.9 Å². The zero-order chi connectivity index (χ0) is 20.8. The van der Waals surface area contributed by atoms with Crippen LogP contribution in [0.1, 0.15) is 80.9 Å². The highest BCUT2D eigenvalue weighted by molar-refractivity contribution is 8.14. The molecule has 0 saturated heterocycles. The fourth-order valence-corrected chi connectivity index (χ4v) is 5.76. The van der Waals surface area contributed by atoms with Crippen LogP contribution in [0.5, 0.6) is 0 Å². The first-order valence-corrected chi connectivity index (χ1v) is 11.8. The van der Waals surface area contributed by atoms with E-state index >= 15 is 0 Å².